The average Bonchev–Trinajstić information content (AvgIpc) is 3.71. The zero-order valence-electron chi connectivity index (χ0n) is 20.2. The molecule has 5 rings (SSSR count). The van der Waals surface area contributed by atoms with E-state index in [9.17, 15) is 18.8 Å². The van der Waals surface area contributed by atoms with Gasteiger partial charge in [-0.25, -0.2) is 4.39 Å². The van der Waals surface area contributed by atoms with Crippen LogP contribution in [0.15, 0.2) is 42.5 Å². The molecule has 2 aromatic rings. The minimum Gasteiger partial charge on any atom is -0.490 e. The lowest BCUT2D eigenvalue weighted by Crippen LogP contribution is -2.53. The summed E-state index contributed by atoms with van der Waals surface area (Å²) in [6.07, 6.45) is 2.60. The smallest absolute Gasteiger partial charge is 0.257 e. The lowest BCUT2D eigenvalue weighted by molar-refractivity contribution is -0.134. The van der Waals surface area contributed by atoms with Gasteiger partial charge in [-0.1, -0.05) is 12.1 Å². The molecule has 0 bridgehead atoms. The van der Waals surface area contributed by atoms with Gasteiger partial charge in [0, 0.05) is 25.2 Å². The van der Waals surface area contributed by atoms with E-state index in [0.29, 0.717) is 35.4 Å². The van der Waals surface area contributed by atoms with Gasteiger partial charge in [-0.3, -0.25) is 14.4 Å². The number of anilines is 1. The minimum atomic E-state index is -0.379. The van der Waals surface area contributed by atoms with Gasteiger partial charge in [-0.15, -0.1) is 0 Å². The van der Waals surface area contributed by atoms with Crippen molar-refractivity contribution >= 4 is 23.4 Å². The molecule has 8 nitrogen and oxygen atoms in total. The number of likely N-dealkylation sites (N-methyl/N-ethyl adjacent to an activating group) is 1. The van der Waals surface area contributed by atoms with Crippen LogP contribution in [-0.4, -0.2) is 54.5 Å². The van der Waals surface area contributed by atoms with Gasteiger partial charge in [0.1, 0.15) is 24.3 Å². The van der Waals surface area contributed by atoms with Crippen LogP contribution < -0.4 is 15.4 Å². The second kappa shape index (κ2) is 10.3. The molecule has 36 heavy (non-hydrogen) atoms. The van der Waals surface area contributed by atoms with Gasteiger partial charge in [0.25, 0.3) is 5.91 Å². The van der Waals surface area contributed by atoms with Gasteiger partial charge in [-0.05, 0) is 61.6 Å². The fourth-order valence-corrected chi connectivity index (χ4v) is 4.82. The van der Waals surface area contributed by atoms with Crippen LogP contribution in [0, 0.1) is 11.7 Å². The summed E-state index contributed by atoms with van der Waals surface area (Å²) in [5, 5.41) is 5.70. The first-order chi connectivity index (χ1) is 17.4. The molecule has 3 aliphatic rings. The Hall–Kier alpha value is -3.46. The van der Waals surface area contributed by atoms with Crippen molar-refractivity contribution in [3.8, 4) is 5.75 Å². The standard InChI is InChI=1S/C27H30FN3O5/c1-31-22-9-8-20(13-25(32)29-14-16-3-2-4-18(28)11-16)36-24(22)15-35-23-10-7-19(12-21(23)27(31)34)30-26(33)17-5-6-17/h2-4,7,10-12,17,20,22,24H,5-6,8-9,13-15H2,1H3,(H,29,32)(H,30,33)/t20-,22-,24+/m1/s1. The van der Waals surface area contributed by atoms with Crippen molar-refractivity contribution in [3.05, 3.63) is 59.4 Å². The molecule has 2 aromatic carbocycles. The Balaban J connectivity index is 1.20. The molecule has 2 N–H and O–H groups in total. The summed E-state index contributed by atoms with van der Waals surface area (Å²) in [5.41, 5.74) is 1.68. The number of carbonyl (C=O) groups is 3. The topological polar surface area (TPSA) is 97.0 Å². The summed E-state index contributed by atoms with van der Waals surface area (Å²) < 4.78 is 25.5. The Kier molecular flexibility index (Phi) is 6.91. The number of ether oxygens (including phenoxy) is 2. The number of hydrogen-bond donors (Lipinski definition) is 2. The van der Waals surface area contributed by atoms with Crippen molar-refractivity contribution in [2.24, 2.45) is 5.92 Å². The van der Waals surface area contributed by atoms with E-state index in [-0.39, 0.29) is 67.3 Å². The van der Waals surface area contributed by atoms with E-state index in [0.717, 1.165) is 12.8 Å². The third-order valence-electron chi connectivity index (χ3n) is 7.02. The van der Waals surface area contributed by atoms with Crippen LogP contribution in [0.5, 0.6) is 5.75 Å². The Labute approximate surface area is 209 Å². The monoisotopic (exact) mass is 495 g/mol. The first kappa shape index (κ1) is 24.2. The van der Waals surface area contributed by atoms with Gasteiger partial charge in [-0.2, -0.15) is 0 Å². The Morgan fingerprint density at radius 2 is 1.94 bits per heavy atom. The van der Waals surface area contributed by atoms with E-state index in [1.54, 1.807) is 42.3 Å². The molecule has 1 aliphatic carbocycles. The first-order valence-electron chi connectivity index (χ1n) is 12.4. The van der Waals surface area contributed by atoms with E-state index in [1.165, 1.54) is 12.1 Å². The van der Waals surface area contributed by atoms with Crippen LogP contribution in [-0.2, 0) is 20.9 Å². The maximum atomic E-state index is 13.3. The number of nitrogens with zero attached hydrogens (tertiary/aromatic N) is 1. The molecule has 1 saturated carbocycles. The van der Waals surface area contributed by atoms with Gasteiger partial charge < -0.3 is 25.0 Å². The summed E-state index contributed by atoms with van der Waals surface area (Å²) in [4.78, 5) is 39.6. The highest BCUT2D eigenvalue weighted by atomic mass is 19.1. The zero-order chi connectivity index (χ0) is 25.2. The molecule has 0 unspecified atom stereocenters. The van der Waals surface area contributed by atoms with Crippen molar-refractivity contribution in [1.29, 1.82) is 0 Å². The molecule has 0 aromatic heterocycles. The number of benzene rings is 2. The van der Waals surface area contributed by atoms with Crippen LogP contribution in [0.1, 0.15) is 48.0 Å². The third kappa shape index (κ3) is 5.51. The van der Waals surface area contributed by atoms with Crippen molar-refractivity contribution in [1.82, 2.24) is 10.2 Å². The van der Waals surface area contributed by atoms with Crippen molar-refractivity contribution in [2.45, 2.75) is 56.9 Å². The molecule has 2 heterocycles. The maximum absolute atomic E-state index is 13.3. The van der Waals surface area contributed by atoms with Crippen molar-refractivity contribution in [2.75, 3.05) is 19.0 Å². The number of halogens is 1. The van der Waals surface area contributed by atoms with E-state index in [1.807, 2.05) is 0 Å². The summed E-state index contributed by atoms with van der Waals surface area (Å²) in [6, 6.07) is 11.0. The molecule has 0 spiro atoms. The largest absolute Gasteiger partial charge is 0.490 e. The SMILES string of the molecule is CN1C(=O)c2cc(NC(=O)C3CC3)ccc2OC[C@@H]2O[C@@H](CC(=O)NCc3cccc(F)c3)CC[C@H]21. The minimum absolute atomic E-state index is 0.0192. The zero-order valence-corrected chi connectivity index (χ0v) is 20.2. The fourth-order valence-electron chi connectivity index (χ4n) is 4.82. The van der Waals surface area contributed by atoms with Crippen molar-refractivity contribution < 1.29 is 28.2 Å². The lowest BCUT2D eigenvalue weighted by Gasteiger charge is -2.42. The van der Waals surface area contributed by atoms with Gasteiger partial charge in [0.05, 0.1) is 24.1 Å². The third-order valence-corrected chi connectivity index (χ3v) is 7.02. The van der Waals surface area contributed by atoms with Crippen LogP contribution in [0.4, 0.5) is 10.1 Å². The summed E-state index contributed by atoms with van der Waals surface area (Å²) in [7, 11) is 1.75. The van der Waals surface area contributed by atoms with Crippen LogP contribution >= 0.6 is 0 Å². The molecule has 2 fully saturated rings. The Morgan fingerprint density at radius 1 is 1.11 bits per heavy atom. The summed E-state index contributed by atoms with van der Waals surface area (Å²) in [5.74, 6) is -0.227. The summed E-state index contributed by atoms with van der Waals surface area (Å²) >= 11 is 0. The molecule has 3 atom stereocenters. The highest BCUT2D eigenvalue weighted by Crippen LogP contribution is 2.34. The normalized spacial score (nSPS) is 23.4. The van der Waals surface area contributed by atoms with E-state index in [4.69, 9.17) is 9.47 Å². The highest BCUT2D eigenvalue weighted by molar-refractivity contribution is 6.00. The second-order valence-corrected chi connectivity index (χ2v) is 9.75. The first-order valence-corrected chi connectivity index (χ1v) is 12.4. The lowest BCUT2D eigenvalue weighted by atomic mass is 9.94. The Morgan fingerprint density at radius 3 is 2.72 bits per heavy atom. The van der Waals surface area contributed by atoms with E-state index in [2.05, 4.69) is 10.6 Å². The molecular weight excluding hydrogens is 465 g/mol. The highest BCUT2D eigenvalue weighted by Gasteiger charge is 2.39. The molecule has 3 amide bonds. The number of amides is 3. The molecule has 1 saturated heterocycles. The number of hydrogen-bond acceptors (Lipinski definition) is 5. The Bertz CT molecular complexity index is 1170. The predicted molar refractivity (Wildman–Crippen MR) is 130 cm³/mol. The van der Waals surface area contributed by atoms with Crippen LogP contribution in [0.25, 0.3) is 0 Å². The predicted octanol–water partition coefficient (Wildman–Crippen LogP) is 3.26. The number of nitrogens with one attached hydrogen (secondary N) is 2. The number of rotatable bonds is 6. The van der Waals surface area contributed by atoms with E-state index >= 15 is 0 Å². The summed E-state index contributed by atoms with van der Waals surface area (Å²) in [6.45, 7) is 0.486. The molecule has 190 valence electrons. The molecular formula is C27H30FN3O5. The van der Waals surface area contributed by atoms with Gasteiger partial charge in [0.15, 0.2) is 0 Å². The second-order valence-electron chi connectivity index (χ2n) is 9.75. The maximum Gasteiger partial charge on any atom is 0.257 e. The average molecular weight is 496 g/mol. The van der Waals surface area contributed by atoms with Crippen LogP contribution in [0.2, 0.25) is 0 Å². The molecule has 2 aliphatic heterocycles. The number of carbonyl (C=O) groups excluding carboxylic acids is 3. The van der Waals surface area contributed by atoms with Crippen molar-refractivity contribution in [3.63, 3.8) is 0 Å². The molecule has 0 radical (unpaired) electrons. The quantitative estimate of drug-likeness (QED) is 0.641. The molecule has 9 heteroatoms. The number of fused-ring (bicyclic) bond motifs is 2. The van der Waals surface area contributed by atoms with Gasteiger partial charge >= 0.3 is 0 Å². The van der Waals surface area contributed by atoms with Gasteiger partial charge in [0.2, 0.25) is 11.8 Å². The van der Waals surface area contributed by atoms with E-state index < -0.39 is 0 Å². The fraction of sp³-hybridized carbons (Fsp3) is 0.444. The van der Waals surface area contributed by atoms with Crippen LogP contribution in [0.3, 0.4) is 0 Å².